The van der Waals surface area contributed by atoms with E-state index < -0.39 is 39.1 Å². The van der Waals surface area contributed by atoms with Crippen molar-refractivity contribution < 1.29 is 37.5 Å². The highest BCUT2D eigenvalue weighted by Crippen LogP contribution is 2.46. The lowest BCUT2D eigenvalue weighted by atomic mass is 10.0. The molecule has 1 aliphatic rings. The molecule has 0 spiro atoms. The van der Waals surface area contributed by atoms with E-state index in [0.29, 0.717) is 41.9 Å². The number of aliphatic carboxylic acids is 1. The molecule has 242 valence electrons. The summed E-state index contributed by atoms with van der Waals surface area (Å²) in [6.07, 6.45) is 1.12. The Bertz CT molecular complexity index is 1690. The van der Waals surface area contributed by atoms with E-state index in [4.69, 9.17) is 26.2 Å². The molecule has 12 nitrogen and oxygen atoms in total. The minimum atomic E-state index is -3.68. The van der Waals surface area contributed by atoms with Gasteiger partial charge in [-0.25, -0.2) is 22.3 Å². The zero-order chi connectivity index (χ0) is 33.1. The second-order valence-corrected chi connectivity index (χ2v) is 14.9. The number of thiophene rings is 1. The highest BCUT2D eigenvalue weighted by Gasteiger charge is 2.32. The van der Waals surface area contributed by atoms with Crippen LogP contribution in [0.25, 0.3) is 10.4 Å². The average molecular weight is 680 g/mol. The monoisotopic (exact) mass is 679 g/mol. The van der Waals surface area contributed by atoms with Crippen molar-refractivity contribution in [1.82, 2.24) is 4.31 Å². The number of hydrogen-bond acceptors (Lipinski definition) is 10. The normalized spacial score (nSPS) is 14.6. The van der Waals surface area contributed by atoms with Gasteiger partial charge in [0.2, 0.25) is 10.0 Å². The summed E-state index contributed by atoms with van der Waals surface area (Å²) in [6.45, 7) is 5.06. The van der Waals surface area contributed by atoms with Crippen molar-refractivity contribution in [2.45, 2.75) is 51.0 Å². The Morgan fingerprint density at radius 2 is 1.82 bits per heavy atom. The first-order valence-corrected chi connectivity index (χ1v) is 16.8. The average Bonchev–Trinajstić information content (AvgIpc) is 3.31. The maximum absolute atomic E-state index is 13.1. The summed E-state index contributed by atoms with van der Waals surface area (Å²) in [4.78, 5) is 37.3. The minimum absolute atomic E-state index is 0.0232. The number of rotatable bonds is 11. The quantitative estimate of drug-likeness (QED) is 0.149. The third kappa shape index (κ3) is 8.51. The standard InChI is InChI=1S/C30H34ClN3O9S2/c1-30(2,3)43-29(37)28-26(42-17-24(35)36)25(31)27(44-28)20-8-6-9-22(16-20)32(4)21-11-13-33(14-12-21)45(40,41)18-19-7-5-10-23(15-19)34(38)39/h5-10,15-16,21H,11-14,17-18H2,1-4H3,(H,35,36). The van der Waals surface area contributed by atoms with Crippen LogP contribution in [0.1, 0.15) is 48.8 Å². The topological polar surface area (TPSA) is 157 Å². The predicted octanol–water partition coefficient (Wildman–Crippen LogP) is 5.83. The number of esters is 1. The van der Waals surface area contributed by atoms with Gasteiger partial charge in [0.05, 0.1) is 15.6 Å². The molecule has 4 rings (SSSR count). The third-order valence-corrected chi connectivity index (χ3v) is 10.6. The Morgan fingerprint density at radius 1 is 1.16 bits per heavy atom. The number of benzene rings is 2. The summed E-state index contributed by atoms with van der Waals surface area (Å²) in [5.41, 5.74) is 0.929. The summed E-state index contributed by atoms with van der Waals surface area (Å²) >= 11 is 7.71. The van der Waals surface area contributed by atoms with Crippen molar-refractivity contribution in [1.29, 1.82) is 0 Å². The first-order chi connectivity index (χ1) is 21.1. The Balaban J connectivity index is 1.50. The summed E-state index contributed by atoms with van der Waals surface area (Å²) in [5, 5.41) is 20.3. The molecule has 1 aliphatic heterocycles. The number of halogens is 1. The van der Waals surface area contributed by atoms with E-state index in [1.165, 1.54) is 22.5 Å². The number of piperidine rings is 1. The molecule has 0 radical (unpaired) electrons. The van der Waals surface area contributed by atoms with Gasteiger partial charge in [-0.1, -0.05) is 35.9 Å². The van der Waals surface area contributed by atoms with Gasteiger partial charge in [0.15, 0.2) is 17.2 Å². The molecule has 2 heterocycles. The molecule has 1 saturated heterocycles. The van der Waals surface area contributed by atoms with Gasteiger partial charge in [0.1, 0.15) is 10.6 Å². The lowest BCUT2D eigenvalue weighted by Crippen LogP contribution is -2.45. The molecule has 0 amide bonds. The predicted molar refractivity (Wildman–Crippen MR) is 172 cm³/mol. The van der Waals surface area contributed by atoms with Gasteiger partial charge in [-0.05, 0) is 56.9 Å². The number of ether oxygens (including phenoxy) is 2. The maximum Gasteiger partial charge on any atom is 0.352 e. The summed E-state index contributed by atoms with van der Waals surface area (Å²) in [5.74, 6) is -2.27. The van der Waals surface area contributed by atoms with Crippen molar-refractivity contribution >= 4 is 56.3 Å². The van der Waals surface area contributed by atoms with E-state index in [-0.39, 0.29) is 33.1 Å². The summed E-state index contributed by atoms with van der Waals surface area (Å²) in [7, 11) is -1.76. The van der Waals surface area contributed by atoms with Crippen LogP contribution in [0.2, 0.25) is 5.02 Å². The molecule has 1 aromatic heterocycles. The molecule has 1 N–H and O–H groups in total. The Morgan fingerprint density at radius 3 is 2.44 bits per heavy atom. The minimum Gasteiger partial charge on any atom is -0.479 e. The molecule has 0 aliphatic carbocycles. The van der Waals surface area contributed by atoms with Gasteiger partial charge >= 0.3 is 11.9 Å². The van der Waals surface area contributed by atoms with Crippen molar-refractivity contribution in [3.63, 3.8) is 0 Å². The van der Waals surface area contributed by atoms with Crippen LogP contribution in [0.15, 0.2) is 48.5 Å². The van der Waals surface area contributed by atoms with Crippen LogP contribution in [0, 0.1) is 10.1 Å². The lowest BCUT2D eigenvalue weighted by molar-refractivity contribution is -0.384. The van der Waals surface area contributed by atoms with Crippen molar-refractivity contribution in [2.24, 2.45) is 0 Å². The van der Waals surface area contributed by atoms with Gasteiger partial charge in [-0.15, -0.1) is 11.3 Å². The SMILES string of the molecule is CN(c1cccc(-c2sc(C(=O)OC(C)(C)C)c(OCC(=O)O)c2Cl)c1)C1CCN(S(=O)(=O)Cc2cccc([N+](=O)[O-])c2)CC1. The van der Waals surface area contributed by atoms with Crippen LogP contribution < -0.4 is 9.64 Å². The summed E-state index contributed by atoms with van der Waals surface area (Å²) in [6, 6.07) is 13.1. The number of carboxylic acid groups (broad SMARTS) is 1. The van der Waals surface area contributed by atoms with E-state index in [1.54, 1.807) is 26.8 Å². The van der Waals surface area contributed by atoms with Gasteiger partial charge < -0.3 is 19.5 Å². The van der Waals surface area contributed by atoms with Crippen molar-refractivity contribution in [3.8, 4) is 16.2 Å². The van der Waals surface area contributed by atoms with E-state index in [9.17, 15) is 28.1 Å². The Labute approximate surface area is 270 Å². The van der Waals surface area contributed by atoms with E-state index in [1.807, 2.05) is 31.3 Å². The van der Waals surface area contributed by atoms with Crippen LogP contribution >= 0.6 is 22.9 Å². The number of non-ortho nitro benzene ring substituents is 1. The number of hydrogen-bond donors (Lipinski definition) is 1. The second-order valence-electron chi connectivity index (χ2n) is 11.6. The van der Waals surface area contributed by atoms with Gasteiger partial charge in [0.25, 0.3) is 5.69 Å². The molecule has 0 bridgehead atoms. The lowest BCUT2D eigenvalue weighted by Gasteiger charge is -2.37. The number of carboxylic acids is 1. The van der Waals surface area contributed by atoms with Crippen LogP contribution in [0.5, 0.6) is 5.75 Å². The highest BCUT2D eigenvalue weighted by molar-refractivity contribution is 7.88. The molecule has 0 unspecified atom stereocenters. The van der Waals surface area contributed by atoms with Crippen LogP contribution in [-0.2, 0) is 25.3 Å². The van der Waals surface area contributed by atoms with Crippen LogP contribution in [0.4, 0.5) is 11.4 Å². The van der Waals surface area contributed by atoms with Crippen molar-refractivity contribution in [3.05, 3.63) is 74.1 Å². The van der Waals surface area contributed by atoms with Crippen molar-refractivity contribution in [2.75, 3.05) is 31.6 Å². The molecule has 3 aromatic rings. The first kappa shape index (κ1) is 34.2. The zero-order valence-corrected chi connectivity index (χ0v) is 27.6. The first-order valence-electron chi connectivity index (χ1n) is 14.0. The molecular weight excluding hydrogens is 646 g/mol. The molecule has 2 aromatic carbocycles. The third-order valence-electron chi connectivity index (χ3n) is 7.08. The molecular formula is C30H34ClN3O9S2. The second kappa shape index (κ2) is 13.7. The number of nitrogens with zero attached hydrogens (tertiary/aromatic N) is 3. The van der Waals surface area contributed by atoms with Crippen LogP contribution in [-0.4, -0.2) is 73.1 Å². The van der Waals surface area contributed by atoms with E-state index in [0.717, 1.165) is 17.0 Å². The number of carbonyl (C=O) groups is 2. The van der Waals surface area contributed by atoms with Gasteiger partial charge in [-0.3, -0.25) is 10.1 Å². The Hall–Kier alpha value is -3.72. The van der Waals surface area contributed by atoms with Gasteiger partial charge in [0, 0.05) is 44.0 Å². The fourth-order valence-corrected chi connectivity index (χ4v) is 7.94. The number of carbonyl (C=O) groups excluding carboxylic acids is 1. The maximum atomic E-state index is 13.1. The molecule has 0 saturated carbocycles. The van der Waals surface area contributed by atoms with Gasteiger partial charge in [-0.2, -0.15) is 0 Å². The zero-order valence-electron chi connectivity index (χ0n) is 25.2. The molecule has 1 fully saturated rings. The molecule has 15 heteroatoms. The highest BCUT2D eigenvalue weighted by atomic mass is 35.5. The van der Waals surface area contributed by atoms with E-state index >= 15 is 0 Å². The number of anilines is 1. The number of nitro groups is 1. The molecule has 0 atom stereocenters. The smallest absolute Gasteiger partial charge is 0.352 e. The van der Waals surface area contributed by atoms with E-state index in [2.05, 4.69) is 4.90 Å². The van der Waals surface area contributed by atoms with Crippen LogP contribution in [0.3, 0.4) is 0 Å². The summed E-state index contributed by atoms with van der Waals surface area (Å²) < 4.78 is 38.6. The molecule has 45 heavy (non-hydrogen) atoms. The fourth-order valence-electron chi connectivity index (χ4n) is 4.95. The number of sulfonamides is 1. The fraction of sp³-hybridized carbons (Fsp3) is 0.400. The number of nitro benzene ring substituents is 1. The Kier molecular flexibility index (Phi) is 10.4. The largest absolute Gasteiger partial charge is 0.479 e.